The summed E-state index contributed by atoms with van der Waals surface area (Å²) in [5.41, 5.74) is -0.0137. The number of hydrogen-bond acceptors (Lipinski definition) is 7. The van der Waals surface area contributed by atoms with Gasteiger partial charge in [-0.2, -0.15) is 0 Å². The lowest BCUT2D eigenvalue weighted by Gasteiger charge is -2.51. The van der Waals surface area contributed by atoms with Crippen molar-refractivity contribution in [3.05, 3.63) is 65.7 Å². The van der Waals surface area contributed by atoms with Crippen molar-refractivity contribution >= 4 is 29.5 Å². The number of esters is 1. The van der Waals surface area contributed by atoms with E-state index < -0.39 is 39.7 Å². The third kappa shape index (κ3) is 4.18. The van der Waals surface area contributed by atoms with Gasteiger partial charge in [0.05, 0.1) is 6.42 Å². The number of aromatic hydroxyl groups is 1. The van der Waals surface area contributed by atoms with E-state index in [0.29, 0.717) is 5.56 Å². The van der Waals surface area contributed by atoms with Gasteiger partial charge in [0.25, 0.3) is 11.6 Å². The number of hydrogen-bond donors (Lipinski definition) is 2. The van der Waals surface area contributed by atoms with Crippen LogP contribution in [0.1, 0.15) is 25.0 Å². The molecule has 0 spiro atoms. The number of nitrogens with zero attached hydrogens (tertiary/aromatic N) is 1. The summed E-state index contributed by atoms with van der Waals surface area (Å²) in [6.45, 7) is 3.86. The van der Waals surface area contributed by atoms with Crippen molar-refractivity contribution in [3.8, 4) is 5.75 Å². The second kappa shape index (κ2) is 8.72. The van der Waals surface area contributed by atoms with Crippen molar-refractivity contribution in [2.24, 2.45) is 0 Å². The third-order valence-corrected chi connectivity index (χ3v) is 7.51. The Kier molecular flexibility index (Phi) is 6.11. The number of methoxy groups -OCH3 is 1. The summed E-state index contributed by atoms with van der Waals surface area (Å²) in [4.78, 5) is 40.4. The highest BCUT2D eigenvalue weighted by molar-refractivity contribution is 8.01. The number of carbonyl (C=O) groups is 3. The van der Waals surface area contributed by atoms with Gasteiger partial charge in [-0.05, 0) is 37.1 Å². The molecule has 33 heavy (non-hydrogen) atoms. The third-order valence-electron chi connectivity index (χ3n) is 5.90. The zero-order chi connectivity index (χ0) is 23.8. The lowest BCUT2D eigenvalue weighted by molar-refractivity contribution is -0.202. The maximum absolute atomic E-state index is 13.2. The van der Waals surface area contributed by atoms with Crippen LogP contribution in [0.2, 0.25) is 0 Å². The first-order chi connectivity index (χ1) is 15.7. The Labute approximate surface area is 196 Å². The van der Waals surface area contributed by atoms with Crippen LogP contribution in [0.3, 0.4) is 0 Å². The van der Waals surface area contributed by atoms with Crippen molar-refractivity contribution in [1.29, 1.82) is 0 Å². The molecule has 0 aliphatic carbocycles. The molecule has 2 heterocycles. The molecule has 2 aromatic carbocycles. The Morgan fingerprint density at radius 3 is 2.39 bits per heavy atom. The number of amides is 2. The van der Waals surface area contributed by atoms with E-state index in [-0.39, 0.29) is 18.8 Å². The SMILES string of the molecule is COC1(NC(=O)Cc2ccc(O)cc2)C(=O)N2[C@@H](C(=O)OCc3ccccc3)C(C)(C)S[C@@H]21. The highest BCUT2D eigenvalue weighted by atomic mass is 32.2. The Balaban J connectivity index is 1.46. The second-order valence-electron chi connectivity index (χ2n) is 8.61. The Morgan fingerprint density at radius 1 is 1.09 bits per heavy atom. The fraction of sp³-hybridized carbons (Fsp3) is 0.375. The van der Waals surface area contributed by atoms with Crippen molar-refractivity contribution in [1.82, 2.24) is 10.2 Å². The number of ether oxygens (including phenoxy) is 2. The lowest BCUT2D eigenvalue weighted by Crippen LogP contribution is -2.80. The molecule has 1 unspecified atom stereocenters. The minimum atomic E-state index is -1.55. The molecule has 9 heteroatoms. The zero-order valence-electron chi connectivity index (χ0n) is 18.6. The van der Waals surface area contributed by atoms with Crippen molar-refractivity contribution in [2.45, 2.75) is 48.8 Å². The van der Waals surface area contributed by atoms with E-state index in [1.54, 1.807) is 12.1 Å². The van der Waals surface area contributed by atoms with Gasteiger partial charge in [-0.1, -0.05) is 42.5 Å². The summed E-state index contributed by atoms with van der Waals surface area (Å²) in [5.74, 6) is -1.27. The van der Waals surface area contributed by atoms with Crippen LogP contribution in [0.15, 0.2) is 54.6 Å². The summed E-state index contributed by atoms with van der Waals surface area (Å²) in [6, 6.07) is 14.8. The molecule has 2 aliphatic heterocycles. The minimum Gasteiger partial charge on any atom is -0.508 e. The molecule has 2 aromatic rings. The average Bonchev–Trinajstić information content (AvgIpc) is 3.07. The van der Waals surface area contributed by atoms with Gasteiger partial charge >= 0.3 is 5.97 Å². The average molecular weight is 471 g/mol. The topological polar surface area (TPSA) is 105 Å². The molecule has 0 saturated carbocycles. The van der Waals surface area contributed by atoms with Crippen molar-refractivity contribution < 1.29 is 29.0 Å². The maximum atomic E-state index is 13.2. The fourth-order valence-corrected chi connectivity index (χ4v) is 5.89. The highest BCUT2D eigenvalue weighted by Crippen LogP contribution is 2.55. The van der Waals surface area contributed by atoms with Crippen molar-refractivity contribution in [3.63, 3.8) is 0 Å². The van der Waals surface area contributed by atoms with E-state index in [0.717, 1.165) is 5.56 Å². The molecule has 0 aromatic heterocycles. The van der Waals surface area contributed by atoms with E-state index in [1.807, 2.05) is 44.2 Å². The summed E-state index contributed by atoms with van der Waals surface area (Å²) in [5, 5.41) is 11.6. The Hall–Kier alpha value is -3.04. The molecule has 8 nitrogen and oxygen atoms in total. The minimum absolute atomic E-state index is 0.0159. The smallest absolute Gasteiger partial charge is 0.330 e. The highest BCUT2D eigenvalue weighted by Gasteiger charge is 2.73. The predicted molar refractivity (Wildman–Crippen MR) is 122 cm³/mol. The first-order valence-corrected chi connectivity index (χ1v) is 11.4. The molecule has 4 rings (SSSR count). The van der Waals surface area contributed by atoms with Crippen LogP contribution < -0.4 is 5.32 Å². The monoisotopic (exact) mass is 470 g/mol. The van der Waals surface area contributed by atoms with Crippen LogP contribution in [0.4, 0.5) is 0 Å². The van der Waals surface area contributed by atoms with Gasteiger partial charge in [0, 0.05) is 11.9 Å². The first-order valence-electron chi connectivity index (χ1n) is 10.5. The van der Waals surface area contributed by atoms with Gasteiger partial charge < -0.3 is 24.8 Å². The van der Waals surface area contributed by atoms with Gasteiger partial charge in [-0.3, -0.25) is 9.59 Å². The van der Waals surface area contributed by atoms with Crippen LogP contribution in [0.5, 0.6) is 5.75 Å². The number of carbonyl (C=O) groups excluding carboxylic acids is 3. The number of nitrogens with one attached hydrogen (secondary N) is 1. The number of β-lactam (4-membered cyclic amide) rings is 1. The number of fused-ring (bicyclic) bond motifs is 1. The van der Waals surface area contributed by atoms with Gasteiger partial charge in [0.15, 0.2) is 0 Å². The molecular formula is C24H26N2O6S. The van der Waals surface area contributed by atoms with Gasteiger partial charge in [-0.15, -0.1) is 11.8 Å². The number of phenols is 1. The molecule has 2 saturated heterocycles. The molecular weight excluding hydrogens is 444 g/mol. The van der Waals surface area contributed by atoms with Crippen LogP contribution in [-0.4, -0.2) is 56.8 Å². The van der Waals surface area contributed by atoms with Gasteiger partial charge in [0.1, 0.15) is 23.8 Å². The fourth-order valence-electron chi connectivity index (χ4n) is 4.22. The van der Waals surface area contributed by atoms with Crippen LogP contribution in [0.25, 0.3) is 0 Å². The van der Waals surface area contributed by atoms with Crippen LogP contribution in [-0.2, 0) is 36.9 Å². The van der Waals surface area contributed by atoms with Gasteiger partial charge in [-0.25, -0.2) is 4.79 Å². The van der Waals surface area contributed by atoms with Crippen LogP contribution in [0, 0.1) is 0 Å². The number of thioether (sulfide) groups is 1. The van der Waals surface area contributed by atoms with E-state index in [4.69, 9.17) is 9.47 Å². The zero-order valence-corrected chi connectivity index (χ0v) is 19.4. The summed E-state index contributed by atoms with van der Waals surface area (Å²) in [7, 11) is 1.37. The molecule has 3 atom stereocenters. The standard InChI is InChI=1S/C24H26N2O6S/c1-23(2)19(20(29)32-14-16-7-5-4-6-8-16)26-21(30)24(31-3,22(26)33-23)25-18(28)13-15-9-11-17(27)12-10-15/h4-12,19,22,27H,13-14H2,1-3H3,(H,25,28)/t19-,22+,24?/m0/s1. The van der Waals surface area contributed by atoms with E-state index in [1.165, 1.54) is 35.9 Å². The summed E-state index contributed by atoms with van der Waals surface area (Å²) in [6.07, 6.45) is 0.0159. The van der Waals surface area contributed by atoms with E-state index in [9.17, 15) is 19.5 Å². The summed E-state index contributed by atoms with van der Waals surface area (Å²) >= 11 is 1.39. The number of phenolic OH excluding ortho intramolecular Hbond substituents is 1. The lowest BCUT2D eigenvalue weighted by atomic mass is 9.93. The summed E-state index contributed by atoms with van der Waals surface area (Å²) < 4.78 is 10.4. The van der Waals surface area contributed by atoms with Gasteiger partial charge in [0.2, 0.25) is 5.91 Å². The quantitative estimate of drug-likeness (QED) is 0.363. The molecule has 0 radical (unpaired) electrons. The molecule has 174 valence electrons. The molecule has 2 fully saturated rings. The normalized spacial score (nSPS) is 25.2. The van der Waals surface area contributed by atoms with Crippen molar-refractivity contribution in [2.75, 3.05) is 7.11 Å². The Bertz CT molecular complexity index is 1060. The second-order valence-corrected chi connectivity index (χ2v) is 10.3. The molecule has 2 N–H and O–H groups in total. The maximum Gasteiger partial charge on any atom is 0.330 e. The van der Waals surface area contributed by atoms with E-state index >= 15 is 0 Å². The number of benzene rings is 2. The Morgan fingerprint density at radius 2 is 1.76 bits per heavy atom. The largest absolute Gasteiger partial charge is 0.508 e. The number of rotatable bonds is 7. The molecule has 0 bridgehead atoms. The first kappa shape index (κ1) is 23.1. The predicted octanol–water partition coefficient (Wildman–Crippen LogP) is 2.20. The van der Waals surface area contributed by atoms with E-state index in [2.05, 4.69) is 5.32 Å². The molecule has 2 aliphatic rings. The van der Waals surface area contributed by atoms with Crippen LogP contribution >= 0.6 is 11.8 Å². The molecule has 2 amide bonds.